The first-order valence-corrected chi connectivity index (χ1v) is 8.59. The third kappa shape index (κ3) is 2.78. The maximum absolute atomic E-state index is 14.0. The van der Waals surface area contributed by atoms with Gasteiger partial charge in [0.25, 0.3) is 5.91 Å². The Bertz CT molecular complexity index is 781. The molecule has 130 valence electrons. The fraction of sp³-hybridized carbons (Fsp3) is 0.350. The smallest absolute Gasteiger partial charge is 0.254 e. The standard InChI is InChI=1S/C20H21FN2O2/c1-25-18-8-7-14(9-17(18)21)20(24)23-12-15-10-22-11-16(15)19(23)13-5-3-2-4-6-13/h2-9,15-16,19,22H,10-12H2,1H3/t15-,16-,19+/m0/s1. The second kappa shape index (κ2) is 6.48. The molecule has 0 aromatic heterocycles. The number of methoxy groups -OCH3 is 1. The Balaban J connectivity index is 1.68. The molecule has 5 heteroatoms. The monoisotopic (exact) mass is 340 g/mol. The predicted octanol–water partition coefficient (Wildman–Crippen LogP) is 2.87. The van der Waals surface area contributed by atoms with E-state index in [-0.39, 0.29) is 17.7 Å². The molecule has 25 heavy (non-hydrogen) atoms. The fourth-order valence-electron chi connectivity index (χ4n) is 4.17. The number of likely N-dealkylation sites (tertiary alicyclic amines) is 1. The number of amides is 1. The Morgan fingerprint density at radius 3 is 2.72 bits per heavy atom. The van der Waals surface area contributed by atoms with Crippen molar-refractivity contribution < 1.29 is 13.9 Å². The Kier molecular flexibility index (Phi) is 4.17. The number of hydrogen-bond donors (Lipinski definition) is 1. The van der Waals surface area contributed by atoms with E-state index >= 15 is 0 Å². The number of rotatable bonds is 3. The van der Waals surface area contributed by atoms with Crippen molar-refractivity contribution in [2.75, 3.05) is 26.7 Å². The topological polar surface area (TPSA) is 41.6 Å². The summed E-state index contributed by atoms with van der Waals surface area (Å²) in [7, 11) is 1.42. The Morgan fingerprint density at radius 2 is 2.00 bits per heavy atom. The van der Waals surface area contributed by atoms with E-state index in [0.717, 1.165) is 18.7 Å². The van der Waals surface area contributed by atoms with Crippen molar-refractivity contribution in [3.05, 3.63) is 65.5 Å². The van der Waals surface area contributed by atoms with Gasteiger partial charge >= 0.3 is 0 Å². The number of carbonyl (C=O) groups excluding carboxylic acids is 1. The van der Waals surface area contributed by atoms with Crippen molar-refractivity contribution in [2.24, 2.45) is 11.8 Å². The van der Waals surface area contributed by atoms with Crippen LogP contribution in [0.2, 0.25) is 0 Å². The number of carbonyl (C=O) groups is 1. The maximum Gasteiger partial charge on any atom is 0.254 e. The molecular weight excluding hydrogens is 319 g/mol. The van der Waals surface area contributed by atoms with Gasteiger partial charge < -0.3 is 15.0 Å². The molecule has 0 bridgehead atoms. The summed E-state index contributed by atoms with van der Waals surface area (Å²) in [6, 6.07) is 14.6. The van der Waals surface area contributed by atoms with Crippen molar-refractivity contribution >= 4 is 5.91 Å². The third-order valence-corrected chi connectivity index (χ3v) is 5.37. The summed E-state index contributed by atoms with van der Waals surface area (Å²) in [5, 5.41) is 3.43. The predicted molar refractivity (Wildman–Crippen MR) is 93.0 cm³/mol. The van der Waals surface area contributed by atoms with Crippen molar-refractivity contribution in [3.8, 4) is 5.75 Å². The number of nitrogens with zero attached hydrogens (tertiary/aromatic N) is 1. The number of fused-ring (bicyclic) bond motifs is 1. The second-order valence-electron chi connectivity index (χ2n) is 6.74. The minimum Gasteiger partial charge on any atom is -0.494 e. The molecule has 4 rings (SSSR count). The quantitative estimate of drug-likeness (QED) is 0.934. The van der Waals surface area contributed by atoms with Gasteiger partial charge in [0.2, 0.25) is 0 Å². The average molecular weight is 340 g/mol. The zero-order chi connectivity index (χ0) is 17.4. The van der Waals surface area contributed by atoms with Gasteiger partial charge in [-0.3, -0.25) is 4.79 Å². The molecule has 4 nitrogen and oxygen atoms in total. The lowest BCUT2D eigenvalue weighted by Crippen LogP contribution is -2.34. The molecule has 1 amide bonds. The van der Waals surface area contributed by atoms with E-state index in [9.17, 15) is 9.18 Å². The van der Waals surface area contributed by atoms with Crippen molar-refractivity contribution in [2.45, 2.75) is 6.04 Å². The van der Waals surface area contributed by atoms with Crippen LogP contribution in [-0.2, 0) is 0 Å². The van der Waals surface area contributed by atoms with Crippen LogP contribution in [0.5, 0.6) is 5.75 Å². The minimum atomic E-state index is -0.509. The largest absolute Gasteiger partial charge is 0.494 e. The van der Waals surface area contributed by atoms with Crippen LogP contribution in [0.3, 0.4) is 0 Å². The van der Waals surface area contributed by atoms with Crippen LogP contribution < -0.4 is 10.1 Å². The van der Waals surface area contributed by atoms with Crippen molar-refractivity contribution in [1.29, 1.82) is 0 Å². The highest BCUT2D eigenvalue weighted by molar-refractivity contribution is 5.95. The highest BCUT2D eigenvalue weighted by atomic mass is 19.1. The maximum atomic E-state index is 14.0. The molecule has 3 atom stereocenters. The number of ether oxygens (including phenoxy) is 1. The van der Waals surface area contributed by atoms with Gasteiger partial charge in [-0.05, 0) is 29.7 Å². The molecule has 2 aromatic rings. The van der Waals surface area contributed by atoms with E-state index in [1.54, 1.807) is 6.07 Å². The molecule has 0 spiro atoms. The van der Waals surface area contributed by atoms with Crippen molar-refractivity contribution in [1.82, 2.24) is 10.2 Å². The average Bonchev–Trinajstić information content (AvgIpc) is 3.22. The highest BCUT2D eigenvalue weighted by Gasteiger charge is 2.46. The lowest BCUT2D eigenvalue weighted by atomic mass is 9.89. The molecule has 0 radical (unpaired) electrons. The minimum absolute atomic E-state index is 0.0267. The Labute approximate surface area is 146 Å². The summed E-state index contributed by atoms with van der Waals surface area (Å²) < 4.78 is 19.0. The summed E-state index contributed by atoms with van der Waals surface area (Å²) in [5.74, 6) is 0.362. The van der Waals surface area contributed by atoms with Gasteiger partial charge in [0.05, 0.1) is 13.2 Å². The fourth-order valence-corrected chi connectivity index (χ4v) is 4.17. The summed E-state index contributed by atoms with van der Waals surface area (Å²) in [6.45, 7) is 2.53. The molecule has 2 aliphatic rings. The van der Waals surface area contributed by atoms with Crippen LogP contribution in [0.4, 0.5) is 4.39 Å². The zero-order valence-corrected chi connectivity index (χ0v) is 14.1. The van der Waals surface area contributed by atoms with Gasteiger partial charge in [-0.25, -0.2) is 4.39 Å². The molecule has 2 saturated heterocycles. The zero-order valence-electron chi connectivity index (χ0n) is 14.1. The van der Waals surface area contributed by atoms with E-state index in [1.165, 1.54) is 19.2 Å². The van der Waals surface area contributed by atoms with E-state index < -0.39 is 5.82 Å². The number of nitrogens with one attached hydrogen (secondary N) is 1. The van der Waals surface area contributed by atoms with Crippen LogP contribution in [-0.4, -0.2) is 37.6 Å². The van der Waals surface area contributed by atoms with Crippen LogP contribution in [0.25, 0.3) is 0 Å². The number of benzene rings is 2. The number of hydrogen-bond acceptors (Lipinski definition) is 3. The first-order valence-electron chi connectivity index (χ1n) is 8.59. The molecule has 2 aliphatic heterocycles. The van der Waals surface area contributed by atoms with Gasteiger partial charge in [0.15, 0.2) is 11.6 Å². The van der Waals surface area contributed by atoms with E-state index in [1.807, 2.05) is 23.1 Å². The molecule has 2 fully saturated rings. The highest BCUT2D eigenvalue weighted by Crippen LogP contribution is 2.43. The van der Waals surface area contributed by atoms with Crippen LogP contribution in [0.1, 0.15) is 22.0 Å². The van der Waals surface area contributed by atoms with Crippen LogP contribution >= 0.6 is 0 Å². The molecular formula is C20H21FN2O2. The van der Waals surface area contributed by atoms with E-state index in [4.69, 9.17) is 4.74 Å². The molecule has 2 aromatic carbocycles. The molecule has 2 heterocycles. The Morgan fingerprint density at radius 1 is 1.20 bits per heavy atom. The van der Waals surface area contributed by atoms with Gasteiger partial charge in [-0.15, -0.1) is 0 Å². The Hall–Kier alpha value is -2.40. The second-order valence-corrected chi connectivity index (χ2v) is 6.74. The van der Waals surface area contributed by atoms with Gasteiger partial charge in [0, 0.05) is 31.1 Å². The summed E-state index contributed by atoms with van der Waals surface area (Å²) >= 11 is 0. The molecule has 0 unspecified atom stereocenters. The normalized spacial score (nSPS) is 25.0. The number of halogens is 1. The SMILES string of the molecule is COc1ccc(C(=O)N2C[C@@H]3CNC[C@@H]3[C@H]2c2ccccc2)cc1F. The lowest BCUT2D eigenvalue weighted by Gasteiger charge is -2.28. The summed E-state index contributed by atoms with van der Waals surface area (Å²) in [4.78, 5) is 15.0. The molecule has 0 saturated carbocycles. The van der Waals surface area contributed by atoms with Gasteiger partial charge in [0.1, 0.15) is 0 Å². The van der Waals surface area contributed by atoms with Gasteiger partial charge in [-0.1, -0.05) is 30.3 Å². The van der Waals surface area contributed by atoms with E-state index in [0.29, 0.717) is 23.9 Å². The van der Waals surface area contributed by atoms with Gasteiger partial charge in [-0.2, -0.15) is 0 Å². The van der Waals surface area contributed by atoms with E-state index in [2.05, 4.69) is 17.4 Å². The summed E-state index contributed by atoms with van der Waals surface area (Å²) in [6.07, 6.45) is 0. The molecule has 1 N–H and O–H groups in total. The third-order valence-electron chi connectivity index (χ3n) is 5.37. The van der Waals surface area contributed by atoms with Crippen LogP contribution in [0, 0.1) is 17.7 Å². The molecule has 0 aliphatic carbocycles. The van der Waals surface area contributed by atoms with Crippen molar-refractivity contribution in [3.63, 3.8) is 0 Å². The first-order chi connectivity index (χ1) is 12.2. The van der Waals surface area contributed by atoms with Crippen LogP contribution in [0.15, 0.2) is 48.5 Å². The summed E-state index contributed by atoms with van der Waals surface area (Å²) in [5.41, 5.74) is 1.51. The lowest BCUT2D eigenvalue weighted by molar-refractivity contribution is 0.0713. The first kappa shape index (κ1) is 16.1.